The number of halogens is 1. The molecule has 0 spiro atoms. The summed E-state index contributed by atoms with van der Waals surface area (Å²) in [6, 6.07) is 6.53. The largest absolute Gasteiger partial charge is 0.495 e. The van der Waals surface area contributed by atoms with E-state index in [1.54, 1.807) is 50.8 Å². The van der Waals surface area contributed by atoms with Crippen LogP contribution in [0.15, 0.2) is 36.7 Å². The van der Waals surface area contributed by atoms with Gasteiger partial charge in [-0.15, -0.1) is 0 Å². The molecular formula is C15H17FN2O2. The molecule has 4 nitrogen and oxygen atoms in total. The third-order valence-corrected chi connectivity index (χ3v) is 3.16. The highest BCUT2D eigenvalue weighted by molar-refractivity contribution is 5.42. The van der Waals surface area contributed by atoms with E-state index in [1.165, 1.54) is 7.11 Å². The van der Waals surface area contributed by atoms with Crippen LogP contribution in [0.4, 0.5) is 4.39 Å². The van der Waals surface area contributed by atoms with E-state index >= 15 is 0 Å². The zero-order chi connectivity index (χ0) is 14.5. The second-order valence-electron chi connectivity index (χ2n) is 4.20. The van der Waals surface area contributed by atoms with E-state index in [4.69, 9.17) is 9.47 Å². The summed E-state index contributed by atoms with van der Waals surface area (Å²) in [6.45, 7) is 0. The molecule has 1 atom stereocenters. The van der Waals surface area contributed by atoms with Crippen molar-refractivity contribution in [3.63, 3.8) is 0 Å². The van der Waals surface area contributed by atoms with Gasteiger partial charge in [0.05, 0.1) is 26.5 Å². The van der Waals surface area contributed by atoms with Crippen molar-refractivity contribution in [2.24, 2.45) is 0 Å². The number of nitrogens with one attached hydrogen (secondary N) is 1. The fourth-order valence-electron chi connectivity index (χ4n) is 2.19. The molecule has 0 fully saturated rings. The molecule has 0 aliphatic carbocycles. The van der Waals surface area contributed by atoms with Gasteiger partial charge in [0.25, 0.3) is 0 Å². The second-order valence-corrected chi connectivity index (χ2v) is 4.20. The zero-order valence-corrected chi connectivity index (χ0v) is 11.7. The van der Waals surface area contributed by atoms with Crippen molar-refractivity contribution in [3.05, 3.63) is 53.6 Å². The maximum atomic E-state index is 14.4. The number of methoxy groups -OCH3 is 2. The molecule has 1 aromatic heterocycles. The van der Waals surface area contributed by atoms with Gasteiger partial charge in [0.15, 0.2) is 11.6 Å². The van der Waals surface area contributed by atoms with Gasteiger partial charge in [-0.1, -0.05) is 12.1 Å². The Morgan fingerprint density at radius 2 is 1.85 bits per heavy atom. The van der Waals surface area contributed by atoms with E-state index in [0.29, 0.717) is 11.3 Å². The van der Waals surface area contributed by atoms with E-state index in [-0.39, 0.29) is 17.6 Å². The number of hydrogen-bond donors (Lipinski definition) is 1. The molecule has 20 heavy (non-hydrogen) atoms. The summed E-state index contributed by atoms with van der Waals surface area (Å²) in [5.74, 6) is 0.443. The van der Waals surface area contributed by atoms with Crippen LogP contribution in [0.5, 0.6) is 11.5 Å². The molecule has 0 saturated heterocycles. The lowest BCUT2D eigenvalue weighted by atomic mass is 9.98. The van der Waals surface area contributed by atoms with Crippen molar-refractivity contribution in [3.8, 4) is 11.5 Å². The van der Waals surface area contributed by atoms with E-state index in [0.717, 1.165) is 5.56 Å². The third kappa shape index (κ3) is 2.58. The predicted molar refractivity (Wildman–Crippen MR) is 74.6 cm³/mol. The number of rotatable bonds is 5. The van der Waals surface area contributed by atoms with E-state index < -0.39 is 0 Å². The number of benzene rings is 1. The predicted octanol–water partition coefficient (Wildman–Crippen LogP) is 2.55. The fraction of sp³-hybridized carbons (Fsp3) is 0.267. The molecule has 0 bridgehead atoms. The minimum absolute atomic E-state index is 0.218. The molecule has 106 valence electrons. The fourth-order valence-corrected chi connectivity index (χ4v) is 2.19. The molecule has 5 heteroatoms. The average molecular weight is 276 g/mol. The van der Waals surface area contributed by atoms with Gasteiger partial charge < -0.3 is 14.8 Å². The molecule has 1 unspecified atom stereocenters. The van der Waals surface area contributed by atoms with Gasteiger partial charge in [-0.25, -0.2) is 4.39 Å². The Morgan fingerprint density at radius 3 is 2.50 bits per heavy atom. The first-order chi connectivity index (χ1) is 9.72. The summed E-state index contributed by atoms with van der Waals surface area (Å²) in [5.41, 5.74) is 1.31. The molecule has 0 aliphatic rings. The topological polar surface area (TPSA) is 43.4 Å². The maximum absolute atomic E-state index is 14.4. The summed E-state index contributed by atoms with van der Waals surface area (Å²) in [7, 11) is 4.78. The zero-order valence-electron chi connectivity index (χ0n) is 11.7. The van der Waals surface area contributed by atoms with Crippen molar-refractivity contribution >= 4 is 0 Å². The molecule has 1 N–H and O–H groups in total. The van der Waals surface area contributed by atoms with Crippen molar-refractivity contribution in [2.75, 3.05) is 21.3 Å². The molecule has 0 amide bonds. The molecule has 0 aliphatic heterocycles. The first-order valence-corrected chi connectivity index (χ1v) is 6.20. The van der Waals surface area contributed by atoms with Crippen LogP contribution < -0.4 is 14.8 Å². The number of aromatic nitrogens is 1. The van der Waals surface area contributed by atoms with Gasteiger partial charge in [0.1, 0.15) is 5.75 Å². The van der Waals surface area contributed by atoms with Gasteiger partial charge in [0, 0.05) is 17.3 Å². The van der Waals surface area contributed by atoms with Crippen LogP contribution >= 0.6 is 0 Å². The minimum atomic E-state index is -0.381. The Labute approximate surface area is 117 Å². The van der Waals surface area contributed by atoms with E-state index in [1.807, 2.05) is 0 Å². The van der Waals surface area contributed by atoms with Crippen LogP contribution in [0.1, 0.15) is 17.2 Å². The SMILES string of the molecule is CNC(c1ccncc1OC)c1cccc(OC)c1F. The third-order valence-electron chi connectivity index (χ3n) is 3.16. The van der Waals surface area contributed by atoms with Gasteiger partial charge in [-0.05, 0) is 19.2 Å². The molecular weight excluding hydrogens is 259 g/mol. The lowest BCUT2D eigenvalue weighted by molar-refractivity contribution is 0.380. The van der Waals surface area contributed by atoms with Crippen molar-refractivity contribution < 1.29 is 13.9 Å². The Hall–Kier alpha value is -2.14. The maximum Gasteiger partial charge on any atom is 0.170 e. The summed E-state index contributed by atoms with van der Waals surface area (Å²) in [5, 5.41) is 3.10. The highest BCUT2D eigenvalue weighted by Gasteiger charge is 2.21. The Bertz CT molecular complexity index is 590. The quantitative estimate of drug-likeness (QED) is 0.911. The molecule has 1 aromatic carbocycles. The van der Waals surface area contributed by atoms with Gasteiger partial charge in [-0.2, -0.15) is 0 Å². The van der Waals surface area contributed by atoms with Crippen LogP contribution in [-0.4, -0.2) is 26.3 Å². The number of pyridine rings is 1. The molecule has 0 radical (unpaired) electrons. The Balaban J connectivity index is 2.53. The first kappa shape index (κ1) is 14.3. The average Bonchev–Trinajstić information content (AvgIpc) is 2.50. The molecule has 2 rings (SSSR count). The standard InChI is InChI=1S/C15H17FN2O2/c1-17-15(10-7-8-18-9-13(10)20-3)11-5-4-6-12(19-2)14(11)16/h4-9,15,17H,1-3H3. The summed E-state index contributed by atoms with van der Waals surface area (Å²) in [4.78, 5) is 4.01. The summed E-state index contributed by atoms with van der Waals surface area (Å²) >= 11 is 0. The van der Waals surface area contributed by atoms with Crippen molar-refractivity contribution in [1.82, 2.24) is 10.3 Å². The Morgan fingerprint density at radius 1 is 1.10 bits per heavy atom. The van der Waals surface area contributed by atoms with Crippen LogP contribution in [-0.2, 0) is 0 Å². The smallest absolute Gasteiger partial charge is 0.170 e. The minimum Gasteiger partial charge on any atom is -0.495 e. The molecule has 1 heterocycles. The monoisotopic (exact) mass is 276 g/mol. The summed E-state index contributed by atoms with van der Waals surface area (Å²) < 4.78 is 24.7. The molecule has 0 saturated carbocycles. The lowest BCUT2D eigenvalue weighted by Crippen LogP contribution is -2.20. The van der Waals surface area contributed by atoms with E-state index in [2.05, 4.69) is 10.3 Å². The van der Waals surface area contributed by atoms with Crippen molar-refractivity contribution in [2.45, 2.75) is 6.04 Å². The first-order valence-electron chi connectivity index (χ1n) is 6.20. The van der Waals surface area contributed by atoms with Crippen LogP contribution in [0, 0.1) is 5.82 Å². The van der Waals surface area contributed by atoms with Crippen LogP contribution in [0.2, 0.25) is 0 Å². The second kappa shape index (κ2) is 6.34. The number of hydrogen-bond acceptors (Lipinski definition) is 4. The summed E-state index contributed by atoms with van der Waals surface area (Å²) in [6.07, 6.45) is 3.26. The van der Waals surface area contributed by atoms with Gasteiger partial charge >= 0.3 is 0 Å². The van der Waals surface area contributed by atoms with Gasteiger partial charge in [-0.3, -0.25) is 4.98 Å². The Kier molecular flexibility index (Phi) is 4.53. The normalized spacial score (nSPS) is 12.0. The molecule has 2 aromatic rings. The lowest BCUT2D eigenvalue weighted by Gasteiger charge is -2.20. The number of ether oxygens (including phenoxy) is 2. The van der Waals surface area contributed by atoms with Crippen LogP contribution in [0.3, 0.4) is 0 Å². The van der Waals surface area contributed by atoms with Gasteiger partial charge in [0.2, 0.25) is 0 Å². The highest BCUT2D eigenvalue weighted by atomic mass is 19.1. The van der Waals surface area contributed by atoms with Crippen molar-refractivity contribution in [1.29, 1.82) is 0 Å². The number of nitrogens with zero attached hydrogens (tertiary/aromatic N) is 1. The van der Waals surface area contributed by atoms with Crippen LogP contribution in [0.25, 0.3) is 0 Å². The van der Waals surface area contributed by atoms with E-state index in [9.17, 15) is 4.39 Å². The highest BCUT2D eigenvalue weighted by Crippen LogP contribution is 2.32.